The van der Waals surface area contributed by atoms with Crippen LogP contribution in [0.5, 0.6) is 5.75 Å². The summed E-state index contributed by atoms with van der Waals surface area (Å²) in [6, 6.07) is 9.47. The van der Waals surface area contributed by atoms with Gasteiger partial charge in [-0.1, -0.05) is 12.1 Å². The number of hydrogen-bond donors (Lipinski definition) is 2. The second kappa shape index (κ2) is 5.67. The van der Waals surface area contributed by atoms with Crippen LogP contribution in [0.15, 0.2) is 36.5 Å². The molecule has 100 valence electrons. The van der Waals surface area contributed by atoms with E-state index in [1.165, 1.54) is 24.4 Å². The highest BCUT2D eigenvalue weighted by Crippen LogP contribution is 2.26. The number of nitrogens with zero attached hydrogens (tertiary/aromatic N) is 3. The van der Waals surface area contributed by atoms with E-state index in [1.807, 2.05) is 0 Å². The summed E-state index contributed by atoms with van der Waals surface area (Å²) in [7, 11) is 0. The van der Waals surface area contributed by atoms with E-state index in [0.29, 0.717) is 6.54 Å². The molecule has 20 heavy (non-hydrogen) atoms. The summed E-state index contributed by atoms with van der Waals surface area (Å²) < 4.78 is 0. The number of phenolic OH excluding ortho intramolecular Hbond substituents is 1. The van der Waals surface area contributed by atoms with Gasteiger partial charge in [0.2, 0.25) is 5.82 Å². The number of benzene rings is 1. The maximum Gasteiger partial charge on any atom is 0.328 e. The maximum atomic E-state index is 11.0. The number of nitrogens with one attached hydrogen (secondary N) is 1. The minimum atomic E-state index is -0.634. The summed E-state index contributed by atoms with van der Waals surface area (Å²) in [5.41, 5.74) is 0.438. The number of nitriles is 1. The molecule has 0 unspecified atom stereocenters. The Hall–Kier alpha value is -3.14. The monoisotopic (exact) mass is 270 g/mol. The first-order valence-corrected chi connectivity index (χ1v) is 5.67. The molecule has 0 aliphatic heterocycles. The molecule has 0 saturated heterocycles. The summed E-state index contributed by atoms with van der Waals surface area (Å²) in [5, 5.41) is 31.9. The number of aromatic hydroxyl groups is 1. The normalized spacial score (nSPS) is 9.75. The Labute approximate surface area is 114 Å². The van der Waals surface area contributed by atoms with E-state index in [1.54, 1.807) is 18.2 Å². The van der Waals surface area contributed by atoms with Crippen LogP contribution in [-0.2, 0) is 6.54 Å². The Bertz CT molecular complexity index is 677. The molecule has 0 saturated carbocycles. The first-order valence-electron chi connectivity index (χ1n) is 5.67. The average molecular weight is 270 g/mol. The molecule has 1 aromatic carbocycles. The van der Waals surface area contributed by atoms with Crippen molar-refractivity contribution in [2.75, 3.05) is 5.32 Å². The smallest absolute Gasteiger partial charge is 0.328 e. The molecule has 0 amide bonds. The van der Waals surface area contributed by atoms with Crippen LogP contribution in [0.3, 0.4) is 0 Å². The fourth-order valence-electron chi connectivity index (χ4n) is 1.66. The molecule has 1 heterocycles. The van der Waals surface area contributed by atoms with Crippen LogP contribution in [0.4, 0.5) is 11.5 Å². The van der Waals surface area contributed by atoms with Gasteiger partial charge in [0.05, 0.1) is 4.92 Å². The summed E-state index contributed by atoms with van der Waals surface area (Å²) in [5.74, 6) is 0.187. The first-order chi connectivity index (χ1) is 9.61. The quantitative estimate of drug-likeness (QED) is 0.650. The van der Waals surface area contributed by atoms with Gasteiger partial charge >= 0.3 is 5.69 Å². The fourth-order valence-corrected chi connectivity index (χ4v) is 1.66. The van der Waals surface area contributed by atoms with Gasteiger partial charge in [-0.2, -0.15) is 5.26 Å². The SMILES string of the molecule is N#Cc1ccnc(NCc2ccc(O)cc2)c1[N+](=O)[O-]. The summed E-state index contributed by atoms with van der Waals surface area (Å²) in [6.07, 6.45) is 1.34. The molecule has 0 fully saturated rings. The van der Waals surface area contributed by atoms with E-state index in [2.05, 4.69) is 10.3 Å². The number of rotatable bonds is 4. The van der Waals surface area contributed by atoms with Crippen LogP contribution >= 0.6 is 0 Å². The van der Waals surface area contributed by atoms with Gasteiger partial charge in [-0.15, -0.1) is 0 Å². The van der Waals surface area contributed by atoms with Gasteiger partial charge in [0.15, 0.2) is 0 Å². The summed E-state index contributed by atoms with van der Waals surface area (Å²) in [4.78, 5) is 14.3. The average Bonchev–Trinajstić information content (AvgIpc) is 2.46. The zero-order valence-corrected chi connectivity index (χ0v) is 10.3. The minimum Gasteiger partial charge on any atom is -0.508 e. The topological polar surface area (TPSA) is 112 Å². The van der Waals surface area contributed by atoms with Crippen LogP contribution in [0.25, 0.3) is 0 Å². The van der Waals surface area contributed by atoms with Crippen LogP contribution in [-0.4, -0.2) is 15.0 Å². The van der Waals surface area contributed by atoms with Crippen molar-refractivity contribution in [1.82, 2.24) is 4.98 Å². The van der Waals surface area contributed by atoms with Crippen molar-refractivity contribution in [2.24, 2.45) is 0 Å². The van der Waals surface area contributed by atoms with E-state index in [0.717, 1.165) is 5.56 Å². The maximum absolute atomic E-state index is 11.0. The van der Waals surface area contributed by atoms with Crippen molar-refractivity contribution in [3.8, 4) is 11.8 Å². The lowest BCUT2D eigenvalue weighted by atomic mass is 10.2. The second-order valence-electron chi connectivity index (χ2n) is 3.94. The van der Waals surface area contributed by atoms with E-state index >= 15 is 0 Å². The molecule has 1 aromatic heterocycles. The molecule has 0 aliphatic carbocycles. The molecule has 2 N–H and O–H groups in total. The van der Waals surface area contributed by atoms with Crippen molar-refractivity contribution in [1.29, 1.82) is 5.26 Å². The standard InChI is InChI=1S/C13H10N4O3/c14-7-10-5-6-15-13(12(10)17(19)20)16-8-9-1-3-11(18)4-2-9/h1-6,18H,8H2,(H,15,16). The fraction of sp³-hybridized carbons (Fsp3) is 0.0769. The number of aromatic nitrogens is 1. The van der Waals surface area contributed by atoms with Crippen molar-refractivity contribution in [2.45, 2.75) is 6.54 Å². The second-order valence-corrected chi connectivity index (χ2v) is 3.94. The zero-order chi connectivity index (χ0) is 14.5. The lowest BCUT2D eigenvalue weighted by Crippen LogP contribution is -2.05. The number of anilines is 1. The van der Waals surface area contributed by atoms with Crippen LogP contribution < -0.4 is 5.32 Å². The van der Waals surface area contributed by atoms with Gasteiger partial charge in [-0.05, 0) is 23.8 Å². The van der Waals surface area contributed by atoms with E-state index in [9.17, 15) is 10.1 Å². The Balaban J connectivity index is 2.23. The number of pyridine rings is 1. The third-order valence-corrected chi connectivity index (χ3v) is 2.62. The van der Waals surface area contributed by atoms with Gasteiger partial charge in [0.1, 0.15) is 17.4 Å². The van der Waals surface area contributed by atoms with Crippen LogP contribution in [0.2, 0.25) is 0 Å². The molecule has 0 atom stereocenters. The lowest BCUT2D eigenvalue weighted by molar-refractivity contribution is -0.384. The molecule has 0 spiro atoms. The highest BCUT2D eigenvalue weighted by Gasteiger charge is 2.20. The number of hydrogen-bond acceptors (Lipinski definition) is 6. The lowest BCUT2D eigenvalue weighted by Gasteiger charge is -2.07. The Morgan fingerprint density at radius 1 is 1.35 bits per heavy atom. The van der Waals surface area contributed by atoms with E-state index in [4.69, 9.17) is 10.4 Å². The third kappa shape index (κ3) is 2.81. The minimum absolute atomic E-state index is 0.0433. The Morgan fingerprint density at radius 2 is 2.05 bits per heavy atom. The molecule has 0 aliphatic rings. The largest absolute Gasteiger partial charge is 0.508 e. The van der Waals surface area contributed by atoms with Gasteiger partial charge in [-0.25, -0.2) is 4.98 Å². The Kier molecular flexibility index (Phi) is 3.77. The predicted molar refractivity (Wildman–Crippen MR) is 71.0 cm³/mol. The van der Waals surface area contributed by atoms with Crippen LogP contribution in [0, 0.1) is 21.4 Å². The Morgan fingerprint density at radius 3 is 2.65 bits per heavy atom. The molecular formula is C13H10N4O3. The van der Waals surface area contributed by atoms with Gasteiger partial charge in [0.25, 0.3) is 0 Å². The van der Waals surface area contributed by atoms with Crippen molar-refractivity contribution in [3.05, 3.63) is 57.8 Å². The predicted octanol–water partition coefficient (Wildman–Crippen LogP) is 2.18. The molecule has 0 radical (unpaired) electrons. The molecular weight excluding hydrogens is 260 g/mol. The zero-order valence-electron chi connectivity index (χ0n) is 10.3. The molecule has 7 nitrogen and oxygen atoms in total. The summed E-state index contributed by atoms with van der Waals surface area (Å²) in [6.45, 7) is 0.295. The van der Waals surface area contributed by atoms with Crippen molar-refractivity contribution in [3.63, 3.8) is 0 Å². The van der Waals surface area contributed by atoms with Gasteiger partial charge in [-0.3, -0.25) is 10.1 Å². The van der Waals surface area contributed by atoms with E-state index in [-0.39, 0.29) is 22.8 Å². The molecule has 7 heteroatoms. The van der Waals surface area contributed by atoms with E-state index < -0.39 is 4.92 Å². The molecule has 2 aromatic rings. The molecule has 2 rings (SSSR count). The highest BCUT2D eigenvalue weighted by molar-refractivity contribution is 5.64. The number of nitro groups is 1. The van der Waals surface area contributed by atoms with Crippen LogP contribution in [0.1, 0.15) is 11.1 Å². The van der Waals surface area contributed by atoms with Crippen molar-refractivity contribution < 1.29 is 10.0 Å². The number of phenols is 1. The summed E-state index contributed by atoms with van der Waals surface area (Å²) >= 11 is 0. The van der Waals surface area contributed by atoms with Gasteiger partial charge < -0.3 is 10.4 Å². The van der Waals surface area contributed by atoms with Crippen molar-refractivity contribution >= 4 is 11.5 Å². The highest BCUT2D eigenvalue weighted by atomic mass is 16.6. The third-order valence-electron chi connectivity index (χ3n) is 2.62. The first kappa shape index (κ1) is 13.3. The van der Waals surface area contributed by atoms with Gasteiger partial charge in [0, 0.05) is 12.7 Å². The molecule has 0 bridgehead atoms.